The molecule has 616 valence electrons. The lowest BCUT2D eigenvalue weighted by Gasteiger charge is -2.41. The Balaban J connectivity index is 0.00000104. The lowest BCUT2D eigenvalue weighted by molar-refractivity contribution is -0.157. The maximum atomic E-state index is 15.1. The largest absolute Gasteiger partial charge is 0.492 e. The van der Waals surface area contributed by atoms with E-state index < -0.39 is 156 Å². The molecule has 3 heterocycles. The number of hydrogen-bond donors (Lipinski definition) is 6. The van der Waals surface area contributed by atoms with Crippen molar-refractivity contribution in [3.05, 3.63) is 66.4 Å². The first kappa shape index (κ1) is 95.5. The summed E-state index contributed by atoms with van der Waals surface area (Å²) < 4.78 is 5.75. The molecule has 4 rings (SSSR count). The van der Waals surface area contributed by atoms with Gasteiger partial charge in [-0.3, -0.25) is 67.6 Å². The van der Waals surface area contributed by atoms with Gasteiger partial charge >= 0.3 is 0 Å². The first-order valence-corrected chi connectivity index (χ1v) is 39.4. The van der Waals surface area contributed by atoms with Gasteiger partial charge in [-0.1, -0.05) is 139 Å². The van der Waals surface area contributed by atoms with Gasteiger partial charge in [0.1, 0.15) is 78.6 Å². The third-order valence-electron chi connectivity index (χ3n) is 19.9. The Hall–Kier alpha value is -8.67. The Kier molecular flexibility index (Phi) is 39.1. The molecule has 1 unspecified atom stereocenters. The topological polar surface area (TPSA) is 350 Å². The van der Waals surface area contributed by atoms with Crippen LogP contribution in [0, 0.1) is 41.4 Å². The van der Waals surface area contributed by atoms with Crippen LogP contribution in [0.15, 0.2) is 60.8 Å². The minimum atomic E-state index is -1.61. The molecule has 2 saturated heterocycles. The number of anilines is 1. The summed E-state index contributed by atoms with van der Waals surface area (Å²) in [6, 6.07) is 1.09. The van der Waals surface area contributed by atoms with Crippen LogP contribution in [0.25, 0.3) is 0 Å². The number of nitrogens with one attached hydrogen (secondary N) is 5. The molecule has 6 N–H and O–H groups in total. The Morgan fingerprint density at radius 2 is 1.05 bits per heavy atom. The molecule has 29 nitrogen and oxygen atoms in total. The summed E-state index contributed by atoms with van der Waals surface area (Å²) in [6.07, 6.45) is 5.34. The first-order valence-electron chi connectivity index (χ1n) is 38.5. The van der Waals surface area contributed by atoms with Crippen LogP contribution in [0.2, 0.25) is 0 Å². The zero-order chi connectivity index (χ0) is 83.6. The van der Waals surface area contributed by atoms with E-state index in [1.807, 2.05) is 116 Å². The van der Waals surface area contributed by atoms with Crippen LogP contribution in [0.4, 0.5) is 10.6 Å². The van der Waals surface area contributed by atoms with Gasteiger partial charge in [-0.15, -0.1) is 0 Å². The number of thioether (sulfide) groups is 1. The van der Waals surface area contributed by atoms with Gasteiger partial charge in [0.15, 0.2) is 0 Å². The van der Waals surface area contributed by atoms with E-state index in [9.17, 15) is 57.8 Å². The fraction of sp³-hybridized carbons (Fsp3) is 0.675. The summed E-state index contributed by atoms with van der Waals surface area (Å²) in [7, 11) is 11.9. The van der Waals surface area contributed by atoms with Crippen molar-refractivity contribution >= 4 is 93.7 Å². The Bertz CT molecular complexity index is 3450. The number of pyridine rings is 1. The molecular formula is C80H130N14O15S. The van der Waals surface area contributed by atoms with Crippen LogP contribution in [0.5, 0.6) is 5.75 Å². The lowest BCUT2D eigenvalue weighted by Crippen LogP contribution is -2.63. The number of hydrogen-bond acceptors (Lipinski definition) is 18. The Morgan fingerprint density at radius 1 is 0.555 bits per heavy atom. The van der Waals surface area contributed by atoms with Crippen molar-refractivity contribution in [2.45, 2.75) is 234 Å². The number of aromatic nitrogens is 1. The van der Waals surface area contributed by atoms with E-state index in [-0.39, 0.29) is 72.2 Å². The number of imide groups is 1. The Labute approximate surface area is 657 Å². The van der Waals surface area contributed by atoms with E-state index in [1.54, 1.807) is 60.7 Å². The van der Waals surface area contributed by atoms with Gasteiger partial charge in [0.05, 0.1) is 24.4 Å². The molecule has 1 aromatic heterocycles. The highest BCUT2D eigenvalue weighted by Gasteiger charge is 2.46. The molecule has 2 aliphatic rings. The van der Waals surface area contributed by atoms with E-state index in [2.05, 4.69) is 31.6 Å². The average molecular weight is 1560 g/mol. The van der Waals surface area contributed by atoms with Gasteiger partial charge in [-0.25, -0.2) is 4.98 Å². The molecule has 110 heavy (non-hydrogen) atoms. The number of allylic oxidation sites excluding steroid dienone is 2. The van der Waals surface area contributed by atoms with E-state index in [0.29, 0.717) is 19.4 Å². The predicted molar refractivity (Wildman–Crippen MR) is 427 cm³/mol. The van der Waals surface area contributed by atoms with E-state index in [4.69, 9.17) is 4.74 Å². The predicted octanol–water partition coefficient (Wildman–Crippen LogP) is 5.76. The van der Waals surface area contributed by atoms with Crippen molar-refractivity contribution in [2.24, 2.45) is 41.4 Å². The molecule has 0 aliphatic carbocycles. The molecule has 1 aromatic carbocycles. The van der Waals surface area contributed by atoms with Crippen LogP contribution < -0.4 is 36.2 Å². The highest BCUT2D eigenvalue weighted by molar-refractivity contribution is 8.15. The van der Waals surface area contributed by atoms with Gasteiger partial charge < -0.3 is 70.3 Å². The van der Waals surface area contributed by atoms with Gasteiger partial charge in [-0.2, -0.15) is 0 Å². The number of amides is 13. The van der Waals surface area contributed by atoms with Crippen molar-refractivity contribution in [3.63, 3.8) is 0 Å². The maximum Gasteiger partial charge on any atom is 0.286 e. The standard InChI is InChI=1S/C62H111N11O12.C18H19N3O3S/c1-25-27-28-40(15)52(75)51-56(79)65-43(26-2)58(81)67(18)33-48(74)68(19)44(29-34(3)4)55(78)66-49(38(11)12)61(84)69(20)45(30-35(5)6)54(77)63-41(16)53(76)64-42(17)57(80)70(21)46(31-36(7)8)59(82)71(22)47(32-37(9)10)60(83)72(23)50(39(13)14)62(85)73(51)24;1-21(16-4-2-3-9-19-16)10-11-24-14-7-5-13(6-8-14)12-15-17(22)20-18(23)25-15/h25,27,34-47,49-52,75H,26,28-33H2,1-24H3,(H,63,77)(H,64,76)(H,65,79)(H,66,78);2-9,15H,10-12H2,1H3,(H,20,22,23)/b27-25+;/t40-,41+,42-,43+,44+,45+,46+,47+,49+,50+,51+,52-;/m1./s1. The number of ether oxygens (including phenoxy) is 1. The fourth-order valence-corrected chi connectivity index (χ4v) is 14.0. The van der Waals surface area contributed by atoms with Crippen LogP contribution in [0.3, 0.4) is 0 Å². The van der Waals surface area contributed by atoms with Crippen LogP contribution >= 0.6 is 11.8 Å². The molecule has 0 saturated carbocycles. The van der Waals surface area contributed by atoms with Crippen molar-refractivity contribution < 1.29 is 72.2 Å². The minimum Gasteiger partial charge on any atom is -0.492 e. The number of likely N-dealkylation sites (N-methyl/N-ethyl adjacent to an activating group) is 8. The SMILES string of the molecule is C/C=C/C[C@@H](C)[C@@H](O)[C@H]1C(=O)N[C@@H](CC)C(=O)N(C)CC(=O)N(C)[C@@H](CC(C)C)C(=O)N[C@@H](C(C)C)C(=O)N(C)[C@@H](CC(C)C)C(=O)N[C@@H](C)C(=O)N[C@H](C)C(=O)N(C)[C@@H](CC(C)C)C(=O)N(C)[C@@H](CC(C)C)C(=O)N(C)[C@@H](C(C)C)C(=O)N1C.CN(CCOc1ccc(CC2SC(=O)NC2=O)cc1)c1ccccn1. The highest BCUT2D eigenvalue weighted by atomic mass is 32.2. The van der Waals surface area contributed by atoms with Crippen molar-refractivity contribution in [1.29, 1.82) is 0 Å². The smallest absolute Gasteiger partial charge is 0.286 e. The Morgan fingerprint density at radius 3 is 1.55 bits per heavy atom. The number of nitrogens with zero attached hydrogens (tertiary/aromatic N) is 9. The maximum absolute atomic E-state index is 15.1. The summed E-state index contributed by atoms with van der Waals surface area (Å²) in [4.78, 5) is 198. The van der Waals surface area contributed by atoms with Crippen LogP contribution in [0.1, 0.15) is 162 Å². The summed E-state index contributed by atoms with van der Waals surface area (Å²) in [5.74, 6) is -8.24. The quantitative estimate of drug-likeness (QED) is 0.0763. The number of rotatable bonds is 22. The third kappa shape index (κ3) is 28.0. The number of benzene rings is 1. The first-order chi connectivity index (χ1) is 51.3. The molecule has 2 aliphatic heterocycles. The zero-order valence-electron chi connectivity index (χ0n) is 69.9. The molecule has 0 bridgehead atoms. The fourth-order valence-electron chi connectivity index (χ4n) is 13.1. The number of aliphatic hydroxyl groups excluding tert-OH is 1. The summed E-state index contributed by atoms with van der Waals surface area (Å²) in [5, 5.41) is 24.8. The van der Waals surface area contributed by atoms with Gasteiger partial charge in [0.2, 0.25) is 70.9 Å². The second-order valence-corrected chi connectivity index (χ2v) is 33.0. The summed E-state index contributed by atoms with van der Waals surface area (Å²) >= 11 is 1.05. The second kappa shape index (κ2) is 45.0. The van der Waals surface area contributed by atoms with Gasteiger partial charge in [0, 0.05) is 62.6 Å². The molecule has 0 radical (unpaired) electrons. The highest BCUT2D eigenvalue weighted by Crippen LogP contribution is 2.28. The zero-order valence-corrected chi connectivity index (χ0v) is 70.7. The van der Waals surface area contributed by atoms with Crippen LogP contribution in [-0.4, -0.2) is 268 Å². The molecule has 2 fully saturated rings. The van der Waals surface area contributed by atoms with Crippen LogP contribution in [-0.2, 0) is 64.0 Å². The molecule has 30 heteroatoms. The number of aliphatic hydroxyl groups is 1. The average Bonchev–Trinajstić information content (AvgIpc) is 0.827. The van der Waals surface area contributed by atoms with E-state index in [1.165, 1.54) is 87.7 Å². The van der Waals surface area contributed by atoms with E-state index in [0.717, 1.165) is 45.2 Å². The molecule has 13 atom stereocenters. The third-order valence-corrected chi connectivity index (χ3v) is 20.9. The van der Waals surface area contributed by atoms with Crippen molar-refractivity contribution in [1.82, 2.24) is 65.9 Å². The molecular weight excluding hydrogens is 1430 g/mol. The lowest BCUT2D eigenvalue weighted by atomic mass is 9.91. The summed E-state index contributed by atoms with van der Waals surface area (Å²) in [6.45, 7) is 30.6. The van der Waals surface area contributed by atoms with Crippen molar-refractivity contribution in [3.8, 4) is 5.75 Å². The number of carbonyl (C=O) groups is 13. The molecule has 13 amide bonds. The normalized spacial score (nSPS) is 24.6. The van der Waals surface area contributed by atoms with Gasteiger partial charge in [-0.05, 0) is 137 Å². The summed E-state index contributed by atoms with van der Waals surface area (Å²) in [5.41, 5.74) is 1.00. The molecule has 2 aromatic rings. The minimum absolute atomic E-state index is 0.0229. The number of carbonyl (C=O) groups excluding carboxylic acids is 13. The van der Waals surface area contributed by atoms with E-state index >= 15 is 9.59 Å². The van der Waals surface area contributed by atoms with Crippen molar-refractivity contribution in [2.75, 3.05) is 81.0 Å². The second-order valence-electron chi connectivity index (χ2n) is 31.8. The monoisotopic (exact) mass is 1560 g/mol. The molecule has 0 spiro atoms. The van der Waals surface area contributed by atoms with Gasteiger partial charge in [0.25, 0.3) is 5.24 Å².